The first-order valence-electron chi connectivity index (χ1n) is 15.1. The summed E-state index contributed by atoms with van der Waals surface area (Å²) < 4.78 is 14.8. The maximum atomic E-state index is 14.8. The fraction of sp³-hybridized carbons (Fsp3) is 0.100. The van der Waals surface area contributed by atoms with E-state index in [9.17, 15) is 4.55 Å². The van der Waals surface area contributed by atoms with Crippen LogP contribution < -0.4 is 0 Å². The Labute approximate surface area is 293 Å². The summed E-state index contributed by atoms with van der Waals surface area (Å²) in [6, 6.07) is 54.8. The van der Waals surface area contributed by atoms with Gasteiger partial charge in [0.05, 0.1) is 9.79 Å². The van der Waals surface area contributed by atoms with Crippen molar-refractivity contribution in [2.75, 3.05) is 0 Å². The molecule has 0 aliphatic heterocycles. The van der Waals surface area contributed by atoms with Crippen molar-refractivity contribution >= 4 is 58.2 Å². The van der Waals surface area contributed by atoms with Gasteiger partial charge >= 0.3 is 0 Å². The molecule has 0 atom stereocenters. The second-order valence-electron chi connectivity index (χ2n) is 10.5. The number of hydrogen-bond donors (Lipinski definition) is 0. The molecule has 0 saturated heterocycles. The Morgan fingerprint density at radius 2 is 0.652 bits per heavy atom. The molecule has 230 valence electrons. The Kier molecular flexibility index (Phi) is 12.4. The summed E-state index contributed by atoms with van der Waals surface area (Å²) in [5, 5.41) is 0. The molecule has 0 unspecified atom stereocenters. The van der Waals surface area contributed by atoms with E-state index in [2.05, 4.69) is 158 Å². The van der Waals surface area contributed by atoms with Crippen molar-refractivity contribution in [1.29, 1.82) is 0 Å². The second-order valence-corrected chi connectivity index (χ2v) is 16.0. The van der Waals surface area contributed by atoms with Gasteiger partial charge < -0.3 is 4.55 Å². The fourth-order valence-corrected chi connectivity index (χ4v) is 11.4. The van der Waals surface area contributed by atoms with E-state index in [1.165, 1.54) is 32.0 Å². The summed E-state index contributed by atoms with van der Waals surface area (Å²) in [7, 11) is 0. The normalized spacial score (nSPS) is 11.2. The topological polar surface area (TPSA) is 23.1 Å². The van der Waals surface area contributed by atoms with Gasteiger partial charge in [-0.15, -0.1) is 47.0 Å². The van der Waals surface area contributed by atoms with Crippen molar-refractivity contribution in [3.63, 3.8) is 0 Å². The summed E-state index contributed by atoms with van der Waals surface area (Å²) >= 11 is 5.84. The van der Waals surface area contributed by atoms with Crippen molar-refractivity contribution < 1.29 is 4.55 Å². The number of benzene rings is 6. The smallest absolute Gasteiger partial charge is 0.173 e. The first-order valence-corrected chi connectivity index (χ1v) is 20.2. The third-order valence-corrected chi connectivity index (χ3v) is 13.9. The predicted octanol–water partition coefficient (Wildman–Crippen LogP) is 12.0. The maximum Gasteiger partial charge on any atom is 0.173 e. The molecule has 0 aliphatic carbocycles. The number of rotatable bonds is 14. The van der Waals surface area contributed by atoms with Gasteiger partial charge in [0.15, 0.2) is 9.79 Å². The Hall–Kier alpha value is -2.97. The van der Waals surface area contributed by atoms with Gasteiger partial charge in [0.2, 0.25) is 0 Å². The molecule has 0 spiro atoms. The Morgan fingerprint density at radius 3 is 0.978 bits per heavy atom. The number of thioether (sulfide) groups is 4. The van der Waals surface area contributed by atoms with E-state index >= 15 is 0 Å². The summed E-state index contributed by atoms with van der Waals surface area (Å²) in [6.45, 7) is 0. The molecule has 0 amide bonds. The van der Waals surface area contributed by atoms with Crippen molar-refractivity contribution in [1.82, 2.24) is 0 Å². The van der Waals surface area contributed by atoms with E-state index in [4.69, 9.17) is 0 Å². The Morgan fingerprint density at radius 1 is 0.348 bits per heavy atom. The second kappa shape index (κ2) is 17.3. The molecule has 0 bridgehead atoms. The van der Waals surface area contributed by atoms with Crippen LogP contribution >= 0.6 is 47.0 Å². The molecule has 1 nitrogen and oxygen atoms in total. The molecule has 0 aliphatic rings. The van der Waals surface area contributed by atoms with Gasteiger partial charge in [-0.2, -0.15) is 0 Å². The highest BCUT2D eigenvalue weighted by Crippen LogP contribution is 2.45. The zero-order chi connectivity index (χ0) is 31.4. The average Bonchev–Trinajstić information content (AvgIpc) is 3.13. The van der Waals surface area contributed by atoms with Crippen LogP contribution in [0.15, 0.2) is 187 Å². The molecular weight excluding hydrogens is 657 g/mol. The maximum absolute atomic E-state index is 14.8. The molecule has 6 heteroatoms. The van der Waals surface area contributed by atoms with Crippen LogP contribution in [0.25, 0.3) is 0 Å². The lowest BCUT2D eigenvalue weighted by Gasteiger charge is -2.20. The Bertz CT molecular complexity index is 1660. The van der Waals surface area contributed by atoms with Gasteiger partial charge in [0.1, 0.15) is 0 Å². The van der Waals surface area contributed by atoms with Gasteiger partial charge in [-0.05, 0) is 46.5 Å². The van der Waals surface area contributed by atoms with Crippen molar-refractivity contribution in [3.05, 3.63) is 180 Å². The van der Waals surface area contributed by atoms with Gasteiger partial charge in [-0.1, -0.05) is 133 Å². The fourth-order valence-electron chi connectivity index (χ4n) is 4.84. The molecule has 0 aromatic heterocycles. The molecule has 6 rings (SSSR count). The van der Waals surface area contributed by atoms with E-state index < -0.39 is 11.2 Å². The molecule has 46 heavy (non-hydrogen) atoms. The lowest BCUT2D eigenvalue weighted by atomic mass is 10.2. The molecule has 6 aromatic rings. The van der Waals surface area contributed by atoms with Gasteiger partial charge in [-0.25, -0.2) is 0 Å². The van der Waals surface area contributed by atoms with E-state index in [0.29, 0.717) is 0 Å². The molecule has 0 heterocycles. The van der Waals surface area contributed by atoms with Crippen LogP contribution in [0.3, 0.4) is 0 Å². The van der Waals surface area contributed by atoms with E-state index in [1.54, 1.807) is 23.5 Å². The minimum atomic E-state index is -1.37. The van der Waals surface area contributed by atoms with Crippen LogP contribution in [-0.2, 0) is 34.2 Å². The van der Waals surface area contributed by atoms with Crippen molar-refractivity contribution in [3.8, 4) is 0 Å². The number of hydrogen-bond acceptors (Lipinski definition) is 5. The summed E-state index contributed by atoms with van der Waals surface area (Å²) in [4.78, 5) is 6.31. The predicted molar refractivity (Wildman–Crippen MR) is 202 cm³/mol. The molecule has 0 N–H and O–H groups in total. The van der Waals surface area contributed by atoms with Crippen molar-refractivity contribution in [2.24, 2.45) is 0 Å². The quantitative estimate of drug-likeness (QED) is 0.0836. The van der Waals surface area contributed by atoms with Crippen molar-refractivity contribution in [2.45, 2.75) is 52.4 Å². The first kappa shape index (κ1) is 33.0. The average molecular weight is 691 g/mol. The third kappa shape index (κ3) is 9.09. The van der Waals surface area contributed by atoms with Gasteiger partial charge in [0, 0.05) is 44.0 Å². The van der Waals surface area contributed by atoms with E-state index in [0.717, 1.165) is 42.6 Å². The minimum Gasteiger partial charge on any atom is -0.606 e. The third-order valence-electron chi connectivity index (χ3n) is 7.21. The van der Waals surface area contributed by atoms with E-state index in [-0.39, 0.29) is 0 Å². The van der Waals surface area contributed by atoms with E-state index in [1.807, 2.05) is 23.5 Å². The van der Waals surface area contributed by atoms with Crippen LogP contribution in [0.4, 0.5) is 0 Å². The lowest BCUT2D eigenvalue weighted by molar-refractivity contribution is 0.589. The lowest BCUT2D eigenvalue weighted by Crippen LogP contribution is -2.07. The van der Waals surface area contributed by atoms with Gasteiger partial charge in [0.25, 0.3) is 0 Å². The molecule has 6 aromatic carbocycles. The van der Waals surface area contributed by atoms with Crippen LogP contribution in [0.5, 0.6) is 0 Å². The summed E-state index contributed by atoms with van der Waals surface area (Å²) in [5.41, 5.74) is 5.07. The highest BCUT2D eigenvalue weighted by molar-refractivity contribution is 8.03. The molecule has 0 radical (unpaired) electrons. The van der Waals surface area contributed by atoms with Crippen LogP contribution in [0, 0.1) is 0 Å². The van der Waals surface area contributed by atoms with Crippen LogP contribution in [0.2, 0.25) is 0 Å². The SMILES string of the molecule is [O-][S+](c1cccc(SCc2ccccc2)c1SCc1ccccc1)c1cccc(SCc2ccccc2)c1SCc1ccccc1. The molecule has 0 fully saturated rings. The highest BCUT2D eigenvalue weighted by atomic mass is 32.2. The zero-order valence-corrected chi connectivity index (χ0v) is 29.4. The largest absolute Gasteiger partial charge is 0.606 e. The van der Waals surface area contributed by atoms with Crippen LogP contribution in [-0.4, -0.2) is 4.55 Å². The molecule has 0 saturated carbocycles. The van der Waals surface area contributed by atoms with Gasteiger partial charge in [-0.3, -0.25) is 0 Å². The standard InChI is InChI=1S/C40H34OS5/c41-46(37-25-13-23-35(42-27-31-15-5-1-6-16-31)39(37)44-29-33-19-9-3-10-20-33)38-26-14-24-36(43-28-32-17-7-2-8-18-32)40(38)45-30-34-21-11-4-12-22-34/h1-26H,27-30H2. The first-order chi connectivity index (χ1) is 22.7. The molecular formula is C40H34OS5. The Balaban J connectivity index is 1.35. The monoisotopic (exact) mass is 690 g/mol. The summed E-state index contributed by atoms with van der Waals surface area (Å²) in [6.07, 6.45) is 0. The highest BCUT2D eigenvalue weighted by Gasteiger charge is 2.27. The van der Waals surface area contributed by atoms with Crippen LogP contribution in [0.1, 0.15) is 22.3 Å². The summed E-state index contributed by atoms with van der Waals surface area (Å²) in [5.74, 6) is 3.35. The zero-order valence-electron chi connectivity index (χ0n) is 25.3. The minimum absolute atomic E-state index is 0.816.